The van der Waals surface area contributed by atoms with E-state index in [0.29, 0.717) is 49.8 Å². The van der Waals surface area contributed by atoms with Crippen LogP contribution >= 0.6 is 0 Å². The van der Waals surface area contributed by atoms with Crippen LogP contribution in [0.1, 0.15) is 130 Å². The molecule has 0 aromatic heterocycles. The average molecular weight is 1160 g/mol. The number of hydrogen-bond donors (Lipinski definition) is 9. The second-order valence-electron chi connectivity index (χ2n) is 21.4. The highest BCUT2D eigenvalue weighted by Crippen LogP contribution is 2.52. The number of hydrogen-bond acceptors (Lipinski definition) is 19. The van der Waals surface area contributed by atoms with E-state index in [1.165, 1.54) is 44.4 Å². The van der Waals surface area contributed by atoms with Gasteiger partial charge in [-0.15, -0.1) is 0 Å². The maximum Gasteiger partial charge on any atom is 0.407 e. The third-order valence-corrected chi connectivity index (χ3v) is 15.6. The number of carbonyl (C=O) groups excluding carboxylic acids is 9. The number of phenolic OH excluding ortho intramolecular Hbond substituents is 2. The molecule has 0 bridgehead atoms. The zero-order valence-electron chi connectivity index (χ0n) is 46.5. The summed E-state index contributed by atoms with van der Waals surface area (Å²) in [5.41, 5.74) is 3.31. The zero-order valence-corrected chi connectivity index (χ0v) is 46.5. The fourth-order valence-electron chi connectivity index (χ4n) is 11.1. The number of amides is 5. The first-order chi connectivity index (χ1) is 40.2. The van der Waals surface area contributed by atoms with Crippen LogP contribution in [0, 0.1) is 0 Å². The van der Waals surface area contributed by atoms with E-state index in [-0.39, 0.29) is 96.8 Å². The molecular formula is C61H69N5O18. The van der Waals surface area contributed by atoms with Crippen molar-refractivity contribution in [2.24, 2.45) is 5.73 Å². The van der Waals surface area contributed by atoms with Crippen molar-refractivity contribution in [2.45, 2.75) is 139 Å². The minimum Gasteiger partial charge on any atom is -0.507 e. The van der Waals surface area contributed by atoms with Crippen molar-refractivity contribution in [3.63, 3.8) is 0 Å². The minimum atomic E-state index is -2.41. The number of ether oxygens (including phenoxy) is 4. The Morgan fingerprint density at radius 2 is 1.51 bits per heavy atom. The van der Waals surface area contributed by atoms with Crippen molar-refractivity contribution in [1.82, 2.24) is 20.9 Å². The number of aliphatic hydroxyl groups is 3. The molecule has 446 valence electrons. The smallest absolute Gasteiger partial charge is 0.407 e. The molecular weight excluding hydrogens is 1090 g/mol. The Morgan fingerprint density at radius 3 is 2.20 bits per heavy atom. The van der Waals surface area contributed by atoms with Crippen LogP contribution in [0.4, 0.5) is 4.79 Å². The van der Waals surface area contributed by atoms with E-state index >= 15 is 0 Å². The number of carbonyl (C=O) groups is 9. The fraction of sp³-hybridized carbons (Fsp3) is 0.426. The molecule has 0 saturated carbocycles. The number of Topliss-reactive ketones (excluding diaryl/α,β-unsaturated/α-hetero) is 2. The quantitative estimate of drug-likeness (QED) is 0.0218. The molecule has 2 unspecified atom stereocenters. The molecule has 4 aliphatic rings. The summed E-state index contributed by atoms with van der Waals surface area (Å²) in [6.45, 7) is 0.722. The topological polar surface area (TPSA) is 357 Å². The van der Waals surface area contributed by atoms with Crippen LogP contribution < -0.4 is 26.4 Å². The van der Waals surface area contributed by atoms with Gasteiger partial charge in [0, 0.05) is 73.9 Å². The van der Waals surface area contributed by atoms with Gasteiger partial charge in [-0.25, -0.2) is 4.79 Å². The second kappa shape index (κ2) is 27.5. The normalized spacial score (nSPS) is 21.4. The van der Waals surface area contributed by atoms with Crippen LogP contribution in [-0.4, -0.2) is 152 Å². The zero-order chi connectivity index (χ0) is 60.4. The number of imide groups is 1. The summed E-state index contributed by atoms with van der Waals surface area (Å²) in [7, 11) is 1.29. The number of methoxy groups -OCH3 is 1. The largest absolute Gasteiger partial charge is 0.507 e. The number of alkyl carbamates (subject to hydrolysis) is 1. The van der Waals surface area contributed by atoms with Crippen LogP contribution in [-0.2, 0) is 68.8 Å². The number of nitrogens with one attached hydrogen (secondary N) is 3. The summed E-state index contributed by atoms with van der Waals surface area (Å²) in [5, 5.41) is 64.7. The first kappa shape index (κ1) is 61.9. The number of aliphatic hydroxyl groups excluding tert-OH is 2. The molecule has 2 heterocycles. The van der Waals surface area contributed by atoms with Gasteiger partial charge in [0.25, 0.3) is 11.8 Å². The molecule has 0 radical (unpaired) electrons. The number of fused-ring (bicyclic) bond motifs is 3. The lowest BCUT2D eigenvalue weighted by Gasteiger charge is -2.42. The molecule has 8 rings (SSSR count). The Bertz CT molecular complexity index is 3190. The lowest BCUT2D eigenvalue weighted by Crippen LogP contribution is -2.56. The van der Waals surface area contributed by atoms with Gasteiger partial charge in [-0.3, -0.25) is 43.3 Å². The molecule has 1 fully saturated rings. The molecule has 4 aromatic rings. The summed E-state index contributed by atoms with van der Waals surface area (Å²) in [4.78, 5) is 120. The van der Waals surface area contributed by atoms with E-state index in [0.717, 1.165) is 10.5 Å². The SMILES string of the molecule is COc1cccc2c1C(=O)c1c(O)c3c(c(O)c1C2=O)C[C@](O)(C(=O)CO)C[C@H]3O[C@@H]1C[C@@H](NC(=O)OCc2ccc(CC(=O)C(CCCCN)NC(=O)C(Cc3ccccc3)NC(=O)CCCCCN3C(=O)C=CC3=O)cc2)[C@@H](O)[C@@H](C)O1. The number of aromatic hydroxyl groups is 2. The second-order valence-corrected chi connectivity index (χ2v) is 21.4. The minimum absolute atomic E-state index is 0.0283. The van der Waals surface area contributed by atoms with Gasteiger partial charge in [-0.05, 0) is 68.3 Å². The lowest BCUT2D eigenvalue weighted by molar-refractivity contribution is -0.249. The first-order valence-electron chi connectivity index (χ1n) is 27.9. The van der Waals surface area contributed by atoms with Gasteiger partial charge in [0.15, 0.2) is 23.6 Å². The van der Waals surface area contributed by atoms with E-state index in [1.54, 1.807) is 24.3 Å². The Balaban J connectivity index is 0.880. The van der Waals surface area contributed by atoms with Gasteiger partial charge in [0.1, 0.15) is 48.2 Å². The molecule has 8 atom stereocenters. The molecule has 23 nitrogen and oxygen atoms in total. The number of ketones is 4. The third-order valence-electron chi connectivity index (χ3n) is 15.6. The van der Waals surface area contributed by atoms with Crippen LogP contribution in [0.5, 0.6) is 17.2 Å². The number of benzene rings is 4. The molecule has 10 N–H and O–H groups in total. The molecule has 5 amide bonds. The van der Waals surface area contributed by atoms with Gasteiger partial charge in [-0.1, -0.05) is 73.2 Å². The van der Waals surface area contributed by atoms with Crippen LogP contribution in [0.15, 0.2) is 84.9 Å². The summed E-state index contributed by atoms with van der Waals surface area (Å²) in [6, 6.07) is 17.0. The lowest BCUT2D eigenvalue weighted by atomic mass is 9.72. The summed E-state index contributed by atoms with van der Waals surface area (Å²) < 4.78 is 23.1. The monoisotopic (exact) mass is 1160 g/mol. The van der Waals surface area contributed by atoms with Gasteiger partial charge in [0.05, 0.1) is 48.1 Å². The van der Waals surface area contributed by atoms with E-state index < -0.39 is 120 Å². The summed E-state index contributed by atoms with van der Waals surface area (Å²) in [6.07, 6.45) is -2.24. The molecule has 23 heteroatoms. The fourth-order valence-corrected chi connectivity index (χ4v) is 11.1. The predicted octanol–water partition coefficient (Wildman–Crippen LogP) is 2.91. The molecule has 2 aliphatic heterocycles. The van der Waals surface area contributed by atoms with Gasteiger partial charge in [0.2, 0.25) is 17.6 Å². The van der Waals surface area contributed by atoms with Gasteiger partial charge < -0.3 is 66.2 Å². The van der Waals surface area contributed by atoms with Gasteiger partial charge >= 0.3 is 6.09 Å². The van der Waals surface area contributed by atoms with Crippen molar-refractivity contribution in [3.8, 4) is 17.2 Å². The summed E-state index contributed by atoms with van der Waals surface area (Å²) >= 11 is 0. The van der Waals surface area contributed by atoms with E-state index in [1.807, 2.05) is 30.3 Å². The van der Waals surface area contributed by atoms with E-state index in [9.17, 15) is 68.7 Å². The Kier molecular flexibility index (Phi) is 20.2. The molecule has 4 aromatic carbocycles. The van der Waals surface area contributed by atoms with Gasteiger partial charge in [-0.2, -0.15) is 0 Å². The Morgan fingerprint density at radius 1 is 0.810 bits per heavy atom. The number of phenols is 2. The number of unbranched alkanes of at least 4 members (excludes halogenated alkanes) is 3. The van der Waals surface area contributed by atoms with Crippen molar-refractivity contribution < 1.29 is 87.6 Å². The predicted molar refractivity (Wildman–Crippen MR) is 297 cm³/mol. The highest BCUT2D eigenvalue weighted by molar-refractivity contribution is 6.31. The van der Waals surface area contributed by atoms with Crippen molar-refractivity contribution >= 4 is 52.9 Å². The molecule has 84 heavy (non-hydrogen) atoms. The molecule has 0 spiro atoms. The maximum absolute atomic E-state index is 14.1. The van der Waals surface area contributed by atoms with Crippen LogP contribution in [0.25, 0.3) is 0 Å². The standard InChI is InChI=1S/C61H69N5O18/c1-33-54(73)40(28-49(83-33)84-44-30-61(80,45(69)31-67)29-38-51(44)58(77)53-52(56(38)75)55(74)37-14-11-16-43(81-2)50(37)57(53)76)65-60(79)82-32-36-20-18-35(19-21-36)27-42(68)39(15-8-9-24-62)64-59(78)41(26-34-12-5-3-6-13-34)63-46(70)17-7-4-10-25-66-47(71)22-23-48(66)72/h3,5-6,11-14,16,18-23,33,39-41,44,49,54,67,73,75,77,80H,4,7-10,15,17,24-32,62H2,1-2H3,(H,63,70)(H,64,78)(H,65,79)/t33-,39?,40-,41?,44-,49-,54+,61-/m1/s1. The third kappa shape index (κ3) is 14.1. The van der Waals surface area contributed by atoms with Crippen molar-refractivity contribution in [3.05, 3.63) is 135 Å². The van der Waals surface area contributed by atoms with E-state index in [2.05, 4.69) is 16.0 Å². The van der Waals surface area contributed by atoms with Crippen molar-refractivity contribution in [1.29, 1.82) is 0 Å². The Labute approximate surface area is 483 Å². The number of nitrogens with two attached hydrogens (primary N) is 1. The Hall–Kier alpha value is -8.19. The molecule has 2 aliphatic carbocycles. The average Bonchev–Trinajstić information content (AvgIpc) is 1.06. The van der Waals surface area contributed by atoms with Crippen LogP contribution in [0.3, 0.4) is 0 Å². The highest BCUT2D eigenvalue weighted by atomic mass is 16.7. The summed E-state index contributed by atoms with van der Waals surface area (Å²) in [5.74, 6) is -6.26. The van der Waals surface area contributed by atoms with E-state index in [4.69, 9.17) is 24.7 Å². The highest BCUT2D eigenvalue weighted by Gasteiger charge is 2.50. The maximum atomic E-state index is 14.1. The number of nitrogens with zero attached hydrogens (tertiary/aromatic N) is 1. The number of rotatable bonds is 26. The van der Waals surface area contributed by atoms with Crippen molar-refractivity contribution in [2.75, 3.05) is 26.8 Å². The first-order valence-corrected chi connectivity index (χ1v) is 27.9. The van der Waals surface area contributed by atoms with Crippen LogP contribution in [0.2, 0.25) is 0 Å². The molecule has 1 saturated heterocycles.